The zero-order valence-corrected chi connectivity index (χ0v) is 13.2. The molecule has 0 aliphatic rings. The summed E-state index contributed by atoms with van der Waals surface area (Å²) in [5.74, 6) is 0.934. The highest BCUT2D eigenvalue weighted by Crippen LogP contribution is 2.24. The molecule has 0 aliphatic heterocycles. The quantitative estimate of drug-likeness (QED) is 0.913. The molecule has 2 aromatic rings. The van der Waals surface area contributed by atoms with Gasteiger partial charge in [0.25, 0.3) is 0 Å². The van der Waals surface area contributed by atoms with Gasteiger partial charge in [-0.2, -0.15) is 0 Å². The fourth-order valence-electron chi connectivity index (χ4n) is 2.30. The largest absolute Gasteiger partial charge is 0.323 e. The van der Waals surface area contributed by atoms with Crippen molar-refractivity contribution in [3.63, 3.8) is 0 Å². The van der Waals surface area contributed by atoms with Crippen LogP contribution in [0.1, 0.15) is 32.4 Å². The summed E-state index contributed by atoms with van der Waals surface area (Å²) >= 11 is 0. The SMILES string of the molecule is CC(C)C(C)S(=O)CC(N)c1cccc2ccccc12. The number of benzene rings is 2. The molecule has 0 bridgehead atoms. The molecule has 2 aromatic carbocycles. The van der Waals surface area contributed by atoms with Crippen LogP contribution in [0.25, 0.3) is 10.8 Å². The van der Waals surface area contributed by atoms with Gasteiger partial charge in [-0.05, 0) is 22.3 Å². The van der Waals surface area contributed by atoms with Crippen LogP contribution in [-0.4, -0.2) is 15.2 Å². The van der Waals surface area contributed by atoms with E-state index in [1.807, 2.05) is 31.2 Å². The van der Waals surface area contributed by atoms with Crippen molar-refractivity contribution in [2.24, 2.45) is 11.7 Å². The van der Waals surface area contributed by atoms with Crippen LogP contribution in [0.4, 0.5) is 0 Å². The Balaban J connectivity index is 2.24. The van der Waals surface area contributed by atoms with Gasteiger partial charge in [0.2, 0.25) is 0 Å². The Kier molecular flexibility index (Phi) is 4.95. The molecule has 0 saturated heterocycles. The number of rotatable bonds is 5. The highest BCUT2D eigenvalue weighted by Gasteiger charge is 2.19. The zero-order valence-electron chi connectivity index (χ0n) is 12.4. The molecule has 2 rings (SSSR count). The van der Waals surface area contributed by atoms with Gasteiger partial charge in [-0.25, -0.2) is 0 Å². The topological polar surface area (TPSA) is 43.1 Å². The second-order valence-electron chi connectivity index (χ2n) is 5.67. The van der Waals surface area contributed by atoms with Crippen molar-refractivity contribution in [1.29, 1.82) is 0 Å². The Morgan fingerprint density at radius 1 is 1.05 bits per heavy atom. The molecular formula is C17H23NOS. The van der Waals surface area contributed by atoms with Crippen molar-refractivity contribution >= 4 is 21.6 Å². The first-order valence-corrected chi connectivity index (χ1v) is 8.49. The van der Waals surface area contributed by atoms with E-state index in [-0.39, 0.29) is 11.3 Å². The normalized spacial score (nSPS) is 16.2. The minimum absolute atomic E-state index is 0.177. The lowest BCUT2D eigenvalue weighted by Gasteiger charge is -2.19. The third-order valence-electron chi connectivity index (χ3n) is 3.92. The van der Waals surface area contributed by atoms with Crippen molar-refractivity contribution in [2.45, 2.75) is 32.1 Å². The average molecular weight is 289 g/mol. The molecule has 0 aromatic heterocycles. The molecule has 0 spiro atoms. The fourth-order valence-corrected chi connectivity index (χ4v) is 3.74. The van der Waals surface area contributed by atoms with Crippen molar-refractivity contribution in [3.05, 3.63) is 48.0 Å². The van der Waals surface area contributed by atoms with Crippen molar-refractivity contribution in [2.75, 3.05) is 5.75 Å². The summed E-state index contributed by atoms with van der Waals surface area (Å²) in [6, 6.07) is 14.2. The number of nitrogens with two attached hydrogens (primary N) is 1. The Bertz CT molecular complexity index is 603. The van der Waals surface area contributed by atoms with Gasteiger partial charge in [-0.3, -0.25) is 4.21 Å². The Labute approximate surface area is 123 Å². The summed E-state index contributed by atoms with van der Waals surface area (Å²) < 4.78 is 12.3. The van der Waals surface area contributed by atoms with E-state index in [0.717, 1.165) is 10.9 Å². The van der Waals surface area contributed by atoms with Crippen LogP contribution in [-0.2, 0) is 10.8 Å². The summed E-state index contributed by atoms with van der Waals surface area (Å²) in [6.07, 6.45) is 0. The van der Waals surface area contributed by atoms with Crippen LogP contribution in [0.15, 0.2) is 42.5 Å². The maximum absolute atomic E-state index is 12.3. The monoisotopic (exact) mass is 289 g/mol. The maximum Gasteiger partial charge on any atom is 0.0431 e. The lowest BCUT2D eigenvalue weighted by Crippen LogP contribution is -2.26. The lowest BCUT2D eigenvalue weighted by atomic mass is 10.0. The molecule has 0 radical (unpaired) electrons. The highest BCUT2D eigenvalue weighted by molar-refractivity contribution is 7.85. The summed E-state index contributed by atoms with van der Waals surface area (Å²) in [7, 11) is -0.893. The molecule has 3 atom stereocenters. The molecule has 3 heteroatoms. The lowest BCUT2D eigenvalue weighted by molar-refractivity contribution is 0.601. The van der Waals surface area contributed by atoms with Crippen LogP contribution in [0.5, 0.6) is 0 Å². The van der Waals surface area contributed by atoms with Crippen LogP contribution >= 0.6 is 0 Å². The molecule has 3 unspecified atom stereocenters. The first-order chi connectivity index (χ1) is 9.50. The van der Waals surface area contributed by atoms with Crippen LogP contribution in [0.2, 0.25) is 0 Å². The molecule has 0 heterocycles. The summed E-state index contributed by atoms with van der Waals surface area (Å²) in [6.45, 7) is 6.24. The first-order valence-electron chi connectivity index (χ1n) is 7.11. The maximum atomic E-state index is 12.3. The minimum Gasteiger partial charge on any atom is -0.323 e. The van der Waals surface area contributed by atoms with E-state index < -0.39 is 10.8 Å². The number of fused-ring (bicyclic) bond motifs is 1. The molecule has 2 N–H and O–H groups in total. The Morgan fingerprint density at radius 3 is 2.40 bits per heavy atom. The van der Waals surface area contributed by atoms with Crippen molar-refractivity contribution < 1.29 is 4.21 Å². The summed E-state index contributed by atoms with van der Waals surface area (Å²) in [5, 5.41) is 2.52. The summed E-state index contributed by atoms with van der Waals surface area (Å²) in [4.78, 5) is 0. The molecule has 0 saturated carbocycles. The molecule has 0 amide bonds. The van der Waals surface area contributed by atoms with E-state index in [9.17, 15) is 4.21 Å². The second-order valence-corrected chi connectivity index (χ2v) is 7.51. The summed E-state index contributed by atoms with van der Waals surface area (Å²) in [5.41, 5.74) is 7.40. The van der Waals surface area contributed by atoms with Gasteiger partial charge in [0.1, 0.15) is 0 Å². The standard InChI is InChI=1S/C17H23NOS/c1-12(2)13(3)20(19)11-17(18)16-10-6-8-14-7-4-5-9-15(14)16/h4-10,12-13,17H,11,18H2,1-3H3. The van der Waals surface area contributed by atoms with E-state index in [1.54, 1.807) is 0 Å². The molecule has 2 nitrogen and oxygen atoms in total. The van der Waals surface area contributed by atoms with E-state index in [4.69, 9.17) is 5.73 Å². The molecule has 108 valence electrons. The van der Waals surface area contributed by atoms with Crippen molar-refractivity contribution in [1.82, 2.24) is 0 Å². The Hall–Kier alpha value is -1.19. The van der Waals surface area contributed by atoms with Gasteiger partial charge in [-0.1, -0.05) is 63.2 Å². The van der Waals surface area contributed by atoms with Gasteiger partial charge in [0.05, 0.1) is 0 Å². The molecule has 20 heavy (non-hydrogen) atoms. The number of hydrogen-bond acceptors (Lipinski definition) is 2. The van der Waals surface area contributed by atoms with E-state index >= 15 is 0 Å². The van der Waals surface area contributed by atoms with Gasteiger partial charge < -0.3 is 5.73 Å². The van der Waals surface area contributed by atoms with Gasteiger partial charge in [-0.15, -0.1) is 0 Å². The van der Waals surface area contributed by atoms with E-state index in [0.29, 0.717) is 11.7 Å². The minimum atomic E-state index is -0.893. The van der Waals surface area contributed by atoms with E-state index in [2.05, 4.69) is 32.0 Å². The van der Waals surface area contributed by atoms with Crippen LogP contribution < -0.4 is 5.73 Å². The fraction of sp³-hybridized carbons (Fsp3) is 0.412. The van der Waals surface area contributed by atoms with Gasteiger partial charge in [0.15, 0.2) is 0 Å². The smallest absolute Gasteiger partial charge is 0.0431 e. The zero-order chi connectivity index (χ0) is 14.7. The predicted molar refractivity (Wildman–Crippen MR) is 88.2 cm³/mol. The highest BCUT2D eigenvalue weighted by atomic mass is 32.2. The van der Waals surface area contributed by atoms with Crippen LogP contribution in [0, 0.1) is 5.92 Å². The third-order valence-corrected chi connectivity index (χ3v) is 5.98. The van der Waals surface area contributed by atoms with Crippen molar-refractivity contribution in [3.8, 4) is 0 Å². The Morgan fingerprint density at radius 2 is 1.70 bits per heavy atom. The van der Waals surface area contributed by atoms with Crippen LogP contribution in [0.3, 0.4) is 0 Å². The second kappa shape index (κ2) is 6.51. The van der Waals surface area contributed by atoms with Gasteiger partial charge in [0, 0.05) is 27.8 Å². The van der Waals surface area contributed by atoms with Gasteiger partial charge >= 0.3 is 0 Å². The number of hydrogen-bond donors (Lipinski definition) is 1. The molecule has 0 aliphatic carbocycles. The molecular weight excluding hydrogens is 266 g/mol. The molecule has 0 fully saturated rings. The predicted octanol–water partition coefficient (Wildman–Crippen LogP) is 3.63. The first kappa shape index (κ1) is 15.2. The third kappa shape index (κ3) is 3.28. The van der Waals surface area contributed by atoms with E-state index in [1.165, 1.54) is 5.39 Å². The average Bonchev–Trinajstić information content (AvgIpc) is 2.45.